The predicted octanol–water partition coefficient (Wildman–Crippen LogP) is 2.86. The van der Waals surface area contributed by atoms with E-state index in [2.05, 4.69) is 10.3 Å². The maximum absolute atomic E-state index is 14.2. The molecule has 7 N–H and O–H groups in total. The van der Waals surface area contributed by atoms with Crippen LogP contribution in [0.2, 0.25) is 0 Å². The van der Waals surface area contributed by atoms with Crippen LogP contribution in [0.1, 0.15) is 43.6 Å². The van der Waals surface area contributed by atoms with E-state index in [1.807, 2.05) is 13.8 Å². The van der Waals surface area contributed by atoms with Gasteiger partial charge in [0.05, 0.1) is 12.3 Å². The second-order valence-electron chi connectivity index (χ2n) is 7.78. The number of aliphatic imine (C=N–C) groups is 1. The molecule has 2 aromatic rings. The smallest absolute Gasteiger partial charge is 0.166 e. The molecule has 1 aliphatic heterocycles. The fourth-order valence-corrected chi connectivity index (χ4v) is 3.67. The molecule has 0 amide bonds. The predicted molar refractivity (Wildman–Crippen MR) is 129 cm³/mol. The Morgan fingerprint density at radius 3 is 2.82 bits per heavy atom. The first kappa shape index (κ1) is 24.2. The highest BCUT2D eigenvalue weighted by Crippen LogP contribution is 2.32. The normalized spacial score (nSPS) is 20.0. The first-order valence-electron chi connectivity index (χ1n) is 10.7. The van der Waals surface area contributed by atoms with Gasteiger partial charge in [-0.3, -0.25) is 4.99 Å². The second kappa shape index (κ2) is 10.5. The molecular formula is C24H31FN6O2. The highest BCUT2D eigenvalue weighted by Gasteiger charge is 2.22. The number of nitrogens with one attached hydrogen (secondary N) is 1. The number of hydrogen-bond donors (Lipinski definition) is 4. The van der Waals surface area contributed by atoms with Gasteiger partial charge in [-0.15, -0.1) is 0 Å². The summed E-state index contributed by atoms with van der Waals surface area (Å²) in [5.41, 5.74) is 23.0. The van der Waals surface area contributed by atoms with Crippen molar-refractivity contribution in [1.29, 1.82) is 0 Å². The summed E-state index contributed by atoms with van der Waals surface area (Å²) >= 11 is 0. The van der Waals surface area contributed by atoms with E-state index < -0.39 is 12.3 Å². The number of nitrogens with zero attached hydrogens (tertiary/aromatic N) is 2. The standard InChI is InChI=1S/C24H31FN6O2/c1-5-29-22-15-9-21(23(27)31-11-15)33-14(3)18-10-16(25)6-7-17(18)20(8-13(2)26)30-12-19(22)24(28)32-4/h6-11,14,24,29H,5,12,26,28H2,1-4H3,(H2,27,31)/b13-8?,22-19-,30-20?. The van der Waals surface area contributed by atoms with Gasteiger partial charge < -0.3 is 32.0 Å². The van der Waals surface area contributed by atoms with Crippen LogP contribution in [0.3, 0.4) is 0 Å². The second-order valence-corrected chi connectivity index (χ2v) is 7.78. The van der Waals surface area contributed by atoms with Crippen molar-refractivity contribution in [1.82, 2.24) is 10.3 Å². The van der Waals surface area contributed by atoms with E-state index in [4.69, 9.17) is 31.7 Å². The van der Waals surface area contributed by atoms with E-state index >= 15 is 0 Å². The van der Waals surface area contributed by atoms with E-state index in [0.29, 0.717) is 40.4 Å². The summed E-state index contributed by atoms with van der Waals surface area (Å²) in [7, 11) is 1.53. The van der Waals surface area contributed by atoms with Crippen molar-refractivity contribution >= 4 is 17.2 Å². The molecule has 3 rings (SSSR count). The molecule has 0 spiro atoms. The minimum atomic E-state index is -0.733. The Labute approximate surface area is 193 Å². The number of nitrogen functional groups attached to an aromatic ring is 1. The van der Waals surface area contributed by atoms with E-state index in [-0.39, 0.29) is 18.2 Å². The van der Waals surface area contributed by atoms with Crippen molar-refractivity contribution in [3.8, 4) is 5.75 Å². The zero-order valence-corrected chi connectivity index (χ0v) is 19.4. The lowest BCUT2D eigenvalue weighted by Gasteiger charge is -2.24. The van der Waals surface area contributed by atoms with Gasteiger partial charge in [0, 0.05) is 53.5 Å². The molecule has 1 aliphatic rings. The molecule has 0 fully saturated rings. The minimum Gasteiger partial charge on any atom is -0.482 e. The third-order valence-electron chi connectivity index (χ3n) is 5.26. The fourth-order valence-electron chi connectivity index (χ4n) is 3.67. The maximum atomic E-state index is 14.2. The zero-order chi connectivity index (χ0) is 24.1. The highest BCUT2D eigenvalue weighted by molar-refractivity contribution is 6.10. The number of anilines is 1. The summed E-state index contributed by atoms with van der Waals surface area (Å²) in [5.74, 6) is 0.210. The molecular weight excluding hydrogens is 423 g/mol. The van der Waals surface area contributed by atoms with Gasteiger partial charge in [-0.2, -0.15) is 0 Å². The van der Waals surface area contributed by atoms with Gasteiger partial charge in [0.1, 0.15) is 18.1 Å². The lowest BCUT2D eigenvalue weighted by Crippen LogP contribution is -2.30. The number of pyridine rings is 1. The number of nitrogens with two attached hydrogens (primary N) is 3. The van der Waals surface area contributed by atoms with Gasteiger partial charge in [-0.25, -0.2) is 9.37 Å². The van der Waals surface area contributed by atoms with Gasteiger partial charge in [-0.1, -0.05) is 0 Å². The Bertz CT molecular complexity index is 1110. The molecule has 33 heavy (non-hydrogen) atoms. The first-order chi connectivity index (χ1) is 15.7. The summed E-state index contributed by atoms with van der Waals surface area (Å²) in [4.78, 5) is 9.13. The summed E-state index contributed by atoms with van der Waals surface area (Å²) < 4.78 is 25.9. The van der Waals surface area contributed by atoms with Gasteiger partial charge >= 0.3 is 0 Å². The van der Waals surface area contributed by atoms with Crippen LogP contribution >= 0.6 is 0 Å². The van der Waals surface area contributed by atoms with Crippen LogP contribution in [0.15, 0.2) is 52.8 Å². The number of benzene rings is 1. The molecule has 0 aliphatic carbocycles. The first-order valence-corrected chi connectivity index (χ1v) is 10.7. The Morgan fingerprint density at radius 1 is 1.39 bits per heavy atom. The van der Waals surface area contributed by atoms with Crippen LogP contribution in [-0.2, 0) is 4.74 Å². The average Bonchev–Trinajstić information content (AvgIpc) is 2.78. The van der Waals surface area contributed by atoms with Crippen molar-refractivity contribution in [2.45, 2.75) is 33.1 Å². The number of allylic oxidation sites excluding steroid dienone is 2. The Morgan fingerprint density at radius 2 is 2.15 bits per heavy atom. The number of hydrogen-bond acceptors (Lipinski definition) is 8. The third kappa shape index (κ3) is 5.50. The van der Waals surface area contributed by atoms with Crippen LogP contribution in [0.25, 0.3) is 5.70 Å². The molecule has 2 bridgehead atoms. The highest BCUT2D eigenvalue weighted by atomic mass is 19.1. The van der Waals surface area contributed by atoms with Crippen LogP contribution in [0.5, 0.6) is 5.75 Å². The SMILES string of the molecule is CCN/C1=C(\C(N)OC)CN=C(C=C(C)N)c2ccc(F)cc2C(C)Oc2cc1cnc2N. The molecule has 0 saturated heterocycles. The molecule has 1 aromatic heterocycles. The lowest BCUT2D eigenvalue weighted by molar-refractivity contribution is 0.136. The summed E-state index contributed by atoms with van der Waals surface area (Å²) in [6, 6.07) is 6.26. The largest absolute Gasteiger partial charge is 0.482 e. The van der Waals surface area contributed by atoms with E-state index in [1.54, 1.807) is 31.3 Å². The van der Waals surface area contributed by atoms with Crippen LogP contribution < -0.4 is 27.3 Å². The zero-order valence-electron chi connectivity index (χ0n) is 19.4. The number of aromatic nitrogens is 1. The molecule has 9 heteroatoms. The average molecular weight is 455 g/mol. The van der Waals surface area contributed by atoms with Gasteiger partial charge in [0.15, 0.2) is 11.6 Å². The molecule has 176 valence electrons. The lowest BCUT2D eigenvalue weighted by atomic mass is 9.97. The Hall–Kier alpha value is -3.43. The van der Waals surface area contributed by atoms with Gasteiger partial charge in [-0.05, 0) is 51.1 Å². The van der Waals surface area contributed by atoms with Crippen molar-refractivity contribution in [3.63, 3.8) is 0 Å². The van der Waals surface area contributed by atoms with Crippen LogP contribution in [0, 0.1) is 5.82 Å². The molecule has 2 atom stereocenters. The van der Waals surface area contributed by atoms with Crippen molar-refractivity contribution < 1.29 is 13.9 Å². The van der Waals surface area contributed by atoms with E-state index in [1.165, 1.54) is 19.2 Å². The summed E-state index contributed by atoms with van der Waals surface area (Å²) in [6.45, 7) is 6.40. The fraction of sp³-hybridized carbons (Fsp3) is 0.333. The van der Waals surface area contributed by atoms with E-state index in [0.717, 1.165) is 11.3 Å². The summed E-state index contributed by atoms with van der Waals surface area (Å²) in [6.07, 6.45) is 2.11. The molecule has 2 heterocycles. The number of ether oxygens (including phenoxy) is 2. The molecule has 2 unspecified atom stereocenters. The number of fused-ring (bicyclic) bond motifs is 3. The number of halogens is 1. The Kier molecular flexibility index (Phi) is 7.67. The summed E-state index contributed by atoms with van der Waals surface area (Å²) in [5, 5.41) is 3.35. The van der Waals surface area contributed by atoms with Crippen LogP contribution in [-0.4, -0.2) is 37.1 Å². The quantitative estimate of drug-likeness (QED) is 0.510. The topological polar surface area (TPSA) is 134 Å². The molecule has 8 nitrogen and oxygen atoms in total. The number of rotatable bonds is 5. The van der Waals surface area contributed by atoms with Gasteiger partial charge in [0.25, 0.3) is 0 Å². The van der Waals surface area contributed by atoms with Crippen LogP contribution in [0.4, 0.5) is 10.2 Å². The van der Waals surface area contributed by atoms with Crippen molar-refractivity contribution in [3.05, 3.63) is 70.3 Å². The minimum absolute atomic E-state index is 0.211. The van der Waals surface area contributed by atoms with E-state index in [9.17, 15) is 4.39 Å². The monoisotopic (exact) mass is 454 g/mol. The third-order valence-corrected chi connectivity index (χ3v) is 5.26. The van der Waals surface area contributed by atoms with Crippen molar-refractivity contribution in [2.24, 2.45) is 16.5 Å². The van der Waals surface area contributed by atoms with Crippen molar-refractivity contribution in [2.75, 3.05) is 25.9 Å². The maximum Gasteiger partial charge on any atom is 0.166 e. The number of methoxy groups -OCH3 is 1. The Balaban J connectivity index is 2.35. The molecule has 1 aromatic carbocycles. The molecule has 0 saturated carbocycles. The molecule has 0 radical (unpaired) electrons. The van der Waals surface area contributed by atoms with Gasteiger partial charge in [0.2, 0.25) is 0 Å².